The Morgan fingerprint density at radius 1 is 0.914 bits per heavy atom. The molecule has 0 bridgehead atoms. The van der Waals surface area contributed by atoms with E-state index >= 15 is 0 Å². The largest absolute Gasteiger partial charge is 0.334 e. The maximum atomic E-state index is 13.3. The highest BCUT2D eigenvalue weighted by atomic mass is 16.5. The molecule has 2 heterocycles. The zero-order valence-electron chi connectivity index (χ0n) is 20.2. The van der Waals surface area contributed by atoms with Crippen LogP contribution in [0.2, 0.25) is 0 Å². The summed E-state index contributed by atoms with van der Waals surface area (Å²) in [6, 6.07) is 25.7. The molecule has 4 aromatic rings. The van der Waals surface area contributed by atoms with Crippen LogP contribution in [0.15, 0.2) is 89.1 Å². The maximum absolute atomic E-state index is 13.3. The normalized spacial score (nSPS) is 15.9. The second kappa shape index (κ2) is 9.58. The van der Waals surface area contributed by atoms with Gasteiger partial charge in [-0.3, -0.25) is 4.90 Å². The molecule has 0 radical (unpaired) electrons. The van der Waals surface area contributed by atoms with Crippen LogP contribution in [0.25, 0.3) is 17.0 Å². The van der Waals surface area contributed by atoms with Crippen LogP contribution in [0, 0.1) is 6.92 Å². The topological polar surface area (TPSA) is 71.3 Å². The maximum Gasteiger partial charge on any atom is 0.322 e. The minimum Gasteiger partial charge on any atom is -0.334 e. The fraction of sp³-hybridized carbons (Fsp3) is 0.207. The van der Waals surface area contributed by atoms with Gasteiger partial charge in [-0.25, -0.2) is 4.79 Å². The number of aromatic nitrogens is 2. The highest BCUT2D eigenvalue weighted by Gasteiger charge is 2.35. The van der Waals surface area contributed by atoms with E-state index in [4.69, 9.17) is 9.51 Å². The molecule has 6 nitrogen and oxygen atoms in total. The summed E-state index contributed by atoms with van der Waals surface area (Å²) >= 11 is 0. The molecular weight excluding hydrogens is 436 g/mol. The molecule has 6 heteroatoms. The first kappa shape index (κ1) is 22.6. The number of amides is 2. The van der Waals surface area contributed by atoms with E-state index in [9.17, 15) is 4.79 Å². The first-order chi connectivity index (χ1) is 17.0. The first-order valence-corrected chi connectivity index (χ1v) is 11.9. The van der Waals surface area contributed by atoms with Crippen molar-refractivity contribution in [2.24, 2.45) is 0 Å². The highest BCUT2D eigenvalue weighted by molar-refractivity contribution is 5.86. The SMILES string of the molecule is CCc1ccc(CN2C(=O)NC(c3ccccc3)C(c3nc(-c4ccc(C)cc4)no3)=C2C)cc1. The van der Waals surface area contributed by atoms with E-state index in [-0.39, 0.29) is 6.03 Å². The minimum atomic E-state index is -0.395. The number of hydrogen-bond acceptors (Lipinski definition) is 4. The van der Waals surface area contributed by atoms with Gasteiger partial charge in [0, 0.05) is 11.3 Å². The Hall–Kier alpha value is -4.19. The summed E-state index contributed by atoms with van der Waals surface area (Å²) in [5, 5.41) is 7.41. The quantitative estimate of drug-likeness (QED) is 0.363. The molecule has 0 aliphatic carbocycles. The van der Waals surface area contributed by atoms with E-state index in [0.29, 0.717) is 18.3 Å². The van der Waals surface area contributed by atoms with E-state index < -0.39 is 6.04 Å². The lowest BCUT2D eigenvalue weighted by Gasteiger charge is -2.35. The third-order valence-electron chi connectivity index (χ3n) is 6.47. The van der Waals surface area contributed by atoms with Crippen LogP contribution < -0.4 is 5.32 Å². The lowest BCUT2D eigenvalue weighted by atomic mass is 9.94. The third kappa shape index (κ3) is 4.60. The molecule has 176 valence electrons. The Bertz CT molecular complexity index is 1360. The van der Waals surface area contributed by atoms with Crippen LogP contribution in [0.1, 0.15) is 48.0 Å². The number of nitrogens with zero attached hydrogens (tertiary/aromatic N) is 3. The number of carbonyl (C=O) groups is 1. The van der Waals surface area contributed by atoms with E-state index in [1.807, 2.05) is 68.4 Å². The molecule has 0 saturated carbocycles. The number of benzene rings is 3. The van der Waals surface area contributed by atoms with Gasteiger partial charge in [0.25, 0.3) is 5.89 Å². The monoisotopic (exact) mass is 464 g/mol. The van der Waals surface area contributed by atoms with Gasteiger partial charge in [-0.15, -0.1) is 0 Å². The van der Waals surface area contributed by atoms with Gasteiger partial charge in [0.2, 0.25) is 5.82 Å². The first-order valence-electron chi connectivity index (χ1n) is 11.9. The van der Waals surface area contributed by atoms with Crippen LogP contribution in [0.4, 0.5) is 4.79 Å². The molecule has 0 spiro atoms. The third-order valence-corrected chi connectivity index (χ3v) is 6.47. The molecule has 1 aliphatic heterocycles. The lowest BCUT2D eigenvalue weighted by molar-refractivity contribution is 0.203. The Morgan fingerprint density at radius 3 is 2.29 bits per heavy atom. The van der Waals surface area contributed by atoms with Gasteiger partial charge in [0.1, 0.15) is 0 Å². The van der Waals surface area contributed by atoms with Crippen molar-refractivity contribution in [3.8, 4) is 11.4 Å². The molecule has 0 fully saturated rings. The fourth-order valence-corrected chi connectivity index (χ4v) is 4.36. The molecule has 1 N–H and O–H groups in total. The Morgan fingerprint density at radius 2 is 1.60 bits per heavy atom. The van der Waals surface area contributed by atoms with Gasteiger partial charge in [0.05, 0.1) is 18.2 Å². The fourth-order valence-electron chi connectivity index (χ4n) is 4.36. The Balaban J connectivity index is 1.56. The second-order valence-electron chi connectivity index (χ2n) is 8.84. The van der Waals surface area contributed by atoms with Crippen molar-refractivity contribution in [3.05, 3.63) is 113 Å². The van der Waals surface area contributed by atoms with Crippen LogP contribution in [-0.4, -0.2) is 21.1 Å². The molecule has 0 saturated heterocycles. The number of carbonyl (C=O) groups excluding carboxylic acids is 1. The lowest BCUT2D eigenvalue weighted by Crippen LogP contribution is -2.45. The summed E-state index contributed by atoms with van der Waals surface area (Å²) in [5.41, 5.74) is 6.92. The molecular formula is C29H28N4O2. The van der Waals surface area contributed by atoms with Crippen molar-refractivity contribution in [1.29, 1.82) is 0 Å². The van der Waals surface area contributed by atoms with Gasteiger partial charge in [-0.2, -0.15) is 4.98 Å². The van der Waals surface area contributed by atoms with Crippen LogP contribution in [-0.2, 0) is 13.0 Å². The number of urea groups is 1. The summed E-state index contributed by atoms with van der Waals surface area (Å²) < 4.78 is 5.78. The van der Waals surface area contributed by atoms with Crippen molar-refractivity contribution >= 4 is 11.6 Å². The van der Waals surface area contributed by atoms with E-state index in [2.05, 4.69) is 41.7 Å². The average molecular weight is 465 g/mol. The summed E-state index contributed by atoms with van der Waals surface area (Å²) in [4.78, 5) is 19.7. The Labute approximate surface area is 205 Å². The van der Waals surface area contributed by atoms with E-state index in [1.54, 1.807) is 4.90 Å². The standard InChI is InChI=1S/C29H28N4O2/c1-4-21-12-14-22(15-13-21)18-33-20(3)25(26(30-29(33)34)23-8-6-5-7-9-23)28-31-27(32-35-28)24-16-10-19(2)11-17-24/h5-17,26H,4,18H2,1-3H3,(H,30,34). The van der Waals surface area contributed by atoms with E-state index in [0.717, 1.165) is 39.9 Å². The molecule has 2 amide bonds. The number of allylic oxidation sites excluding steroid dienone is 1. The summed E-state index contributed by atoms with van der Waals surface area (Å²) in [5.74, 6) is 0.920. The predicted octanol–water partition coefficient (Wildman–Crippen LogP) is 6.31. The van der Waals surface area contributed by atoms with E-state index in [1.165, 1.54) is 5.56 Å². The Kier molecular flexibility index (Phi) is 6.19. The molecule has 1 aliphatic rings. The molecule has 1 aromatic heterocycles. The van der Waals surface area contributed by atoms with Crippen LogP contribution in [0.5, 0.6) is 0 Å². The van der Waals surface area contributed by atoms with Gasteiger partial charge in [-0.05, 0) is 37.0 Å². The van der Waals surface area contributed by atoms with Gasteiger partial charge in [0.15, 0.2) is 0 Å². The molecule has 1 unspecified atom stereocenters. The van der Waals surface area contributed by atoms with Crippen molar-refractivity contribution in [3.63, 3.8) is 0 Å². The highest BCUT2D eigenvalue weighted by Crippen LogP contribution is 2.37. The van der Waals surface area contributed by atoms with Crippen molar-refractivity contribution in [1.82, 2.24) is 20.4 Å². The molecule has 3 aromatic carbocycles. The molecule has 5 rings (SSSR count). The predicted molar refractivity (Wildman–Crippen MR) is 136 cm³/mol. The zero-order valence-corrected chi connectivity index (χ0v) is 20.2. The van der Waals surface area contributed by atoms with Crippen molar-refractivity contribution < 1.29 is 9.32 Å². The number of hydrogen-bond donors (Lipinski definition) is 1. The van der Waals surface area contributed by atoms with Gasteiger partial charge in [-0.1, -0.05) is 96.5 Å². The van der Waals surface area contributed by atoms with Gasteiger partial charge < -0.3 is 9.84 Å². The average Bonchev–Trinajstić information content (AvgIpc) is 3.37. The van der Waals surface area contributed by atoms with Gasteiger partial charge >= 0.3 is 6.03 Å². The summed E-state index contributed by atoms with van der Waals surface area (Å²) in [7, 11) is 0. The summed E-state index contributed by atoms with van der Waals surface area (Å²) in [6.45, 7) is 6.57. The molecule has 35 heavy (non-hydrogen) atoms. The molecule has 1 atom stereocenters. The van der Waals surface area contributed by atoms with Crippen LogP contribution >= 0.6 is 0 Å². The zero-order chi connectivity index (χ0) is 24.4. The van der Waals surface area contributed by atoms with Crippen molar-refractivity contribution in [2.45, 2.75) is 39.8 Å². The number of aryl methyl sites for hydroxylation is 2. The minimum absolute atomic E-state index is 0.155. The second-order valence-corrected chi connectivity index (χ2v) is 8.84. The number of nitrogens with one attached hydrogen (secondary N) is 1. The number of rotatable bonds is 6. The summed E-state index contributed by atoms with van der Waals surface area (Å²) in [6.07, 6.45) is 0.979. The van der Waals surface area contributed by atoms with Crippen molar-refractivity contribution in [2.75, 3.05) is 0 Å². The van der Waals surface area contributed by atoms with Crippen LogP contribution in [0.3, 0.4) is 0 Å². The smallest absolute Gasteiger partial charge is 0.322 e.